The molecule has 0 fully saturated rings. The summed E-state index contributed by atoms with van der Waals surface area (Å²) >= 11 is 5.35. The molecule has 0 spiro atoms. The molecule has 2 N–H and O–H groups in total. The van der Waals surface area contributed by atoms with Crippen molar-refractivity contribution in [3.63, 3.8) is 0 Å². The fraction of sp³-hybridized carbons (Fsp3) is 0.200. The van der Waals surface area contributed by atoms with Crippen LogP contribution in [-0.2, 0) is 6.54 Å². The van der Waals surface area contributed by atoms with Crippen LogP contribution in [-0.4, -0.2) is 19.3 Å². The van der Waals surface area contributed by atoms with Crippen LogP contribution in [0.1, 0.15) is 11.1 Å². The minimum atomic E-state index is -0.369. The second-order valence-corrected chi connectivity index (χ2v) is 6.36. The topological polar surface area (TPSA) is 72.7 Å². The third-order valence-electron chi connectivity index (χ3n) is 4.11. The third-order valence-corrected chi connectivity index (χ3v) is 4.36. The molecule has 140 valence electrons. The molecule has 1 aromatic heterocycles. The van der Waals surface area contributed by atoms with Crippen LogP contribution in [0.25, 0.3) is 11.0 Å². The highest BCUT2D eigenvalue weighted by molar-refractivity contribution is 7.80. The molecule has 0 bridgehead atoms. The minimum Gasteiger partial charge on any atom is -0.493 e. The molecule has 3 rings (SSSR count). The summed E-state index contributed by atoms with van der Waals surface area (Å²) < 4.78 is 15.8. The van der Waals surface area contributed by atoms with Gasteiger partial charge < -0.3 is 24.5 Å². The van der Waals surface area contributed by atoms with E-state index in [1.165, 1.54) is 6.07 Å². The van der Waals surface area contributed by atoms with Gasteiger partial charge in [0, 0.05) is 29.8 Å². The molecule has 7 heteroatoms. The lowest BCUT2D eigenvalue weighted by Gasteiger charge is -2.13. The highest BCUT2D eigenvalue weighted by atomic mass is 32.1. The number of aryl methyl sites for hydroxylation is 1. The molecule has 2 aromatic carbocycles. The predicted molar refractivity (Wildman–Crippen MR) is 110 cm³/mol. The van der Waals surface area contributed by atoms with Crippen molar-refractivity contribution in [1.82, 2.24) is 5.32 Å². The van der Waals surface area contributed by atoms with Crippen molar-refractivity contribution in [1.29, 1.82) is 0 Å². The molecule has 0 aliphatic rings. The summed E-state index contributed by atoms with van der Waals surface area (Å²) in [5, 5.41) is 7.59. The number of nitrogens with one attached hydrogen (secondary N) is 2. The van der Waals surface area contributed by atoms with Crippen molar-refractivity contribution >= 4 is 34.0 Å². The molecule has 0 unspecified atom stereocenters. The van der Waals surface area contributed by atoms with Crippen LogP contribution < -0.4 is 25.7 Å². The highest BCUT2D eigenvalue weighted by Gasteiger charge is 2.07. The number of benzene rings is 2. The van der Waals surface area contributed by atoms with E-state index in [2.05, 4.69) is 10.6 Å². The first-order valence-electron chi connectivity index (χ1n) is 8.30. The quantitative estimate of drug-likeness (QED) is 0.514. The zero-order valence-corrected chi connectivity index (χ0v) is 16.1. The van der Waals surface area contributed by atoms with E-state index in [0.717, 1.165) is 22.2 Å². The predicted octanol–water partition coefficient (Wildman–Crippen LogP) is 3.61. The Hall–Kier alpha value is -3.06. The van der Waals surface area contributed by atoms with Crippen molar-refractivity contribution in [2.75, 3.05) is 19.5 Å². The zero-order valence-electron chi connectivity index (χ0n) is 15.3. The molecule has 0 amide bonds. The fourth-order valence-corrected chi connectivity index (χ4v) is 2.94. The summed E-state index contributed by atoms with van der Waals surface area (Å²) in [5.74, 6) is 1.34. The average Bonchev–Trinajstić information content (AvgIpc) is 2.65. The van der Waals surface area contributed by atoms with Gasteiger partial charge in [-0.3, -0.25) is 0 Å². The van der Waals surface area contributed by atoms with Crippen LogP contribution in [0.3, 0.4) is 0 Å². The number of hydrogen-bond donors (Lipinski definition) is 2. The van der Waals surface area contributed by atoms with Gasteiger partial charge in [0.15, 0.2) is 16.6 Å². The maximum Gasteiger partial charge on any atom is 0.336 e. The molecular weight excluding hydrogens is 364 g/mol. The van der Waals surface area contributed by atoms with E-state index in [1.807, 2.05) is 37.3 Å². The summed E-state index contributed by atoms with van der Waals surface area (Å²) in [5.41, 5.74) is 2.76. The fourth-order valence-electron chi connectivity index (χ4n) is 2.75. The van der Waals surface area contributed by atoms with Crippen LogP contribution in [0.15, 0.2) is 51.7 Å². The van der Waals surface area contributed by atoms with Crippen LogP contribution in [0.4, 0.5) is 5.69 Å². The van der Waals surface area contributed by atoms with Gasteiger partial charge >= 0.3 is 5.63 Å². The number of ether oxygens (including phenoxy) is 2. The summed E-state index contributed by atoms with van der Waals surface area (Å²) in [4.78, 5) is 11.6. The Morgan fingerprint density at radius 1 is 1.07 bits per heavy atom. The van der Waals surface area contributed by atoms with Gasteiger partial charge in [0.05, 0.1) is 14.2 Å². The van der Waals surface area contributed by atoms with Crippen molar-refractivity contribution in [2.24, 2.45) is 0 Å². The molecule has 0 atom stereocenters. The Morgan fingerprint density at radius 2 is 1.85 bits per heavy atom. The van der Waals surface area contributed by atoms with Crippen molar-refractivity contribution in [3.05, 3.63) is 64.0 Å². The van der Waals surface area contributed by atoms with E-state index in [0.29, 0.717) is 28.7 Å². The smallest absolute Gasteiger partial charge is 0.336 e. The number of fused-ring (bicyclic) bond motifs is 1. The van der Waals surface area contributed by atoms with Gasteiger partial charge in [-0.2, -0.15) is 0 Å². The summed E-state index contributed by atoms with van der Waals surface area (Å²) in [7, 11) is 3.20. The van der Waals surface area contributed by atoms with Crippen LogP contribution in [0, 0.1) is 6.92 Å². The van der Waals surface area contributed by atoms with E-state index in [4.69, 9.17) is 26.1 Å². The molecule has 1 heterocycles. The third kappa shape index (κ3) is 4.38. The first-order chi connectivity index (χ1) is 13.0. The van der Waals surface area contributed by atoms with Crippen molar-refractivity contribution < 1.29 is 13.9 Å². The Morgan fingerprint density at radius 3 is 2.59 bits per heavy atom. The maximum absolute atomic E-state index is 11.6. The van der Waals surface area contributed by atoms with Gasteiger partial charge in [-0.1, -0.05) is 6.07 Å². The van der Waals surface area contributed by atoms with Crippen molar-refractivity contribution in [2.45, 2.75) is 13.5 Å². The van der Waals surface area contributed by atoms with Gasteiger partial charge in [-0.25, -0.2) is 4.79 Å². The maximum atomic E-state index is 11.6. The number of anilines is 1. The Labute approximate surface area is 162 Å². The zero-order chi connectivity index (χ0) is 19.4. The first kappa shape index (κ1) is 18.7. The lowest BCUT2D eigenvalue weighted by molar-refractivity contribution is 0.354. The average molecular weight is 384 g/mol. The van der Waals surface area contributed by atoms with E-state index in [1.54, 1.807) is 20.3 Å². The summed E-state index contributed by atoms with van der Waals surface area (Å²) in [6.07, 6.45) is 0. The molecule has 3 aromatic rings. The molecule has 0 aliphatic heterocycles. The Bertz CT molecular complexity index is 1050. The molecule has 0 saturated heterocycles. The minimum absolute atomic E-state index is 0.369. The lowest BCUT2D eigenvalue weighted by atomic mass is 10.1. The van der Waals surface area contributed by atoms with Crippen molar-refractivity contribution in [3.8, 4) is 11.5 Å². The number of rotatable bonds is 5. The van der Waals surface area contributed by atoms with Crippen LogP contribution in [0.5, 0.6) is 11.5 Å². The Balaban J connectivity index is 1.67. The largest absolute Gasteiger partial charge is 0.493 e. The van der Waals surface area contributed by atoms with E-state index in [-0.39, 0.29) is 5.63 Å². The van der Waals surface area contributed by atoms with Gasteiger partial charge in [-0.15, -0.1) is 0 Å². The summed E-state index contributed by atoms with van der Waals surface area (Å²) in [6.45, 7) is 2.40. The molecule has 0 aliphatic carbocycles. The molecule has 0 saturated carbocycles. The molecular formula is C20H20N2O4S. The highest BCUT2D eigenvalue weighted by Crippen LogP contribution is 2.27. The summed E-state index contributed by atoms with van der Waals surface area (Å²) in [6, 6.07) is 12.7. The standard InChI is InChI=1S/C20H20N2O4S/c1-12-8-19(23)26-17-10-14(5-6-15(12)17)22-20(27)21-11-13-4-7-16(24-2)18(9-13)25-3/h4-10H,11H2,1-3H3,(H2,21,22,27). The first-order valence-corrected chi connectivity index (χ1v) is 8.71. The van der Waals surface area contributed by atoms with Crippen LogP contribution >= 0.6 is 12.2 Å². The van der Waals surface area contributed by atoms with Gasteiger partial charge in [0.2, 0.25) is 0 Å². The van der Waals surface area contributed by atoms with E-state index < -0.39 is 0 Å². The van der Waals surface area contributed by atoms with E-state index in [9.17, 15) is 4.79 Å². The number of thiocarbonyl (C=S) groups is 1. The number of methoxy groups -OCH3 is 2. The molecule has 6 nitrogen and oxygen atoms in total. The second kappa shape index (κ2) is 8.09. The molecule has 0 radical (unpaired) electrons. The number of hydrogen-bond acceptors (Lipinski definition) is 5. The Kier molecular flexibility index (Phi) is 5.61. The van der Waals surface area contributed by atoms with Gasteiger partial charge in [0.25, 0.3) is 0 Å². The normalized spacial score (nSPS) is 10.5. The van der Waals surface area contributed by atoms with Gasteiger partial charge in [-0.05, 0) is 54.5 Å². The lowest BCUT2D eigenvalue weighted by Crippen LogP contribution is -2.27. The molecule has 27 heavy (non-hydrogen) atoms. The van der Waals surface area contributed by atoms with Crippen LogP contribution in [0.2, 0.25) is 0 Å². The second-order valence-electron chi connectivity index (χ2n) is 5.96. The van der Waals surface area contributed by atoms with Gasteiger partial charge in [0.1, 0.15) is 5.58 Å². The monoisotopic (exact) mass is 384 g/mol. The SMILES string of the molecule is COc1ccc(CNC(=S)Nc2ccc3c(C)cc(=O)oc3c2)cc1OC. The van der Waals surface area contributed by atoms with E-state index >= 15 is 0 Å².